The number of furan rings is 1. The predicted molar refractivity (Wildman–Crippen MR) is 99.7 cm³/mol. The van der Waals surface area contributed by atoms with Crippen molar-refractivity contribution in [3.05, 3.63) is 63.9 Å². The summed E-state index contributed by atoms with van der Waals surface area (Å²) in [5, 5.41) is 6.98. The largest absolute Gasteiger partial charge is 0.468 e. The van der Waals surface area contributed by atoms with Gasteiger partial charge in [0.25, 0.3) is 0 Å². The smallest absolute Gasteiger partial charge is 0.244 e. The van der Waals surface area contributed by atoms with Crippen molar-refractivity contribution < 1.29 is 14.0 Å². The topological polar surface area (TPSA) is 71.3 Å². The van der Waals surface area contributed by atoms with Gasteiger partial charge >= 0.3 is 0 Å². The number of rotatable bonds is 7. The zero-order valence-corrected chi connectivity index (χ0v) is 15.4. The number of halogens is 1. The molecule has 0 aliphatic heterocycles. The van der Waals surface area contributed by atoms with E-state index in [1.54, 1.807) is 11.7 Å². The first-order valence-electron chi connectivity index (χ1n) is 7.19. The van der Waals surface area contributed by atoms with E-state index in [1.165, 1.54) is 17.8 Å². The van der Waals surface area contributed by atoms with Crippen LogP contribution in [0.4, 0.5) is 5.69 Å². The third kappa shape index (κ3) is 6.25. The lowest BCUT2D eigenvalue weighted by molar-refractivity contribution is -0.121. The zero-order chi connectivity index (χ0) is 17.4. The summed E-state index contributed by atoms with van der Waals surface area (Å²) in [4.78, 5) is 23.5. The van der Waals surface area contributed by atoms with Gasteiger partial charge in [0.1, 0.15) is 5.76 Å². The highest BCUT2D eigenvalue weighted by atomic mass is 79.9. The molecule has 2 rings (SSSR count). The number of aryl methyl sites for hydroxylation is 1. The molecule has 0 unspecified atom stereocenters. The maximum Gasteiger partial charge on any atom is 0.244 e. The molecule has 2 amide bonds. The van der Waals surface area contributed by atoms with E-state index >= 15 is 0 Å². The van der Waals surface area contributed by atoms with Gasteiger partial charge in [-0.1, -0.05) is 15.9 Å². The number of carbonyl (C=O) groups is 2. The van der Waals surface area contributed by atoms with Crippen LogP contribution < -0.4 is 10.6 Å². The Kier molecular flexibility index (Phi) is 7.14. The normalized spacial score (nSPS) is 10.8. The highest BCUT2D eigenvalue weighted by Gasteiger charge is 2.06. The van der Waals surface area contributed by atoms with Gasteiger partial charge in [0, 0.05) is 16.2 Å². The molecule has 1 aromatic carbocycles. The molecule has 1 heterocycles. The summed E-state index contributed by atoms with van der Waals surface area (Å²) in [5.74, 6) is 0.907. The number of thioether (sulfide) groups is 1. The Bertz CT molecular complexity index is 729. The summed E-state index contributed by atoms with van der Waals surface area (Å²) in [6.07, 6.45) is 3.00. The van der Waals surface area contributed by atoms with Gasteiger partial charge in [-0.15, -0.1) is 11.8 Å². The maximum atomic E-state index is 11.9. The number of carbonyl (C=O) groups excluding carboxylic acids is 2. The van der Waals surface area contributed by atoms with Gasteiger partial charge in [-0.3, -0.25) is 9.59 Å². The molecule has 0 bridgehead atoms. The molecule has 24 heavy (non-hydrogen) atoms. The number of amides is 2. The molecule has 0 fully saturated rings. The minimum atomic E-state index is -0.315. The SMILES string of the molecule is Cc1cc(Br)ccc1NC(=O)CNC(=O)/C=C/SCc1ccco1. The third-order valence-corrected chi connectivity index (χ3v) is 4.28. The molecule has 0 spiro atoms. The summed E-state index contributed by atoms with van der Waals surface area (Å²) in [6.45, 7) is 1.82. The third-order valence-electron chi connectivity index (χ3n) is 3.01. The van der Waals surface area contributed by atoms with Gasteiger partial charge in [0.2, 0.25) is 11.8 Å². The Hall–Kier alpha value is -1.99. The minimum absolute atomic E-state index is 0.0818. The molecule has 0 aliphatic carbocycles. The Balaban J connectivity index is 1.69. The van der Waals surface area contributed by atoms with Crippen molar-refractivity contribution in [1.82, 2.24) is 5.32 Å². The van der Waals surface area contributed by atoms with Crippen LogP contribution in [-0.4, -0.2) is 18.4 Å². The van der Waals surface area contributed by atoms with E-state index in [2.05, 4.69) is 26.6 Å². The molecule has 7 heteroatoms. The van der Waals surface area contributed by atoms with Gasteiger partial charge in [-0.05, 0) is 48.2 Å². The summed E-state index contributed by atoms with van der Waals surface area (Å²) in [5.41, 5.74) is 1.67. The summed E-state index contributed by atoms with van der Waals surface area (Å²) >= 11 is 4.81. The van der Waals surface area contributed by atoms with Crippen molar-refractivity contribution in [3.63, 3.8) is 0 Å². The van der Waals surface area contributed by atoms with E-state index < -0.39 is 0 Å². The second kappa shape index (κ2) is 9.34. The number of anilines is 1. The molecule has 1 aromatic heterocycles. The predicted octanol–water partition coefficient (Wildman–Crippen LogP) is 3.85. The monoisotopic (exact) mass is 408 g/mol. The quantitative estimate of drug-likeness (QED) is 0.682. The molecule has 126 valence electrons. The second-order valence-corrected chi connectivity index (χ2v) is 6.73. The van der Waals surface area contributed by atoms with Crippen LogP contribution in [0, 0.1) is 6.92 Å². The Morgan fingerprint density at radius 3 is 2.88 bits per heavy atom. The highest BCUT2D eigenvalue weighted by Crippen LogP contribution is 2.19. The summed E-state index contributed by atoms with van der Waals surface area (Å²) in [6, 6.07) is 9.26. The van der Waals surface area contributed by atoms with Crippen molar-refractivity contribution in [2.45, 2.75) is 12.7 Å². The lowest BCUT2D eigenvalue weighted by Gasteiger charge is -2.09. The summed E-state index contributed by atoms with van der Waals surface area (Å²) in [7, 11) is 0. The fourth-order valence-corrected chi connectivity index (χ4v) is 2.94. The van der Waals surface area contributed by atoms with Gasteiger partial charge in [0.05, 0.1) is 18.6 Å². The second-order valence-electron chi connectivity index (χ2n) is 4.92. The van der Waals surface area contributed by atoms with Crippen LogP contribution in [0.3, 0.4) is 0 Å². The fourth-order valence-electron chi connectivity index (χ4n) is 1.82. The van der Waals surface area contributed by atoms with Crippen molar-refractivity contribution in [3.8, 4) is 0 Å². The molecular weight excluding hydrogens is 392 g/mol. The lowest BCUT2D eigenvalue weighted by Crippen LogP contribution is -2.31. The first-order chi connectivity index (χ1) is 11.5. The molecule has 0 atom stereocenters. The molecule has 2 N–H and O–H groups in total. The van der Waals surface area contributed by atoms with Crippen molar-refractivity contribution in [2.75, 3.05) is 11.9 Å². The van der Waals surface area contributed by atoms with E-state index in [-0.39, 0.29) is 18.4 Å². The maximum absolute atomic E-state index is 11.9. The van der Waals surface area contributed by atoms with Gasteiger partial charge < -0.3 is 15.1 Å². The number of hydrogen-bond acceptors (Lipinski definition) is 4. The Morgan fingerprint density at radius 1 is 1.33 bits per heavy atom. The number of hydrogen-bond donors (Lipinski definition) is 2. The Morgan fingerprint density at radius 2 is 2.17 bits per heavy atom. The molecule has 0 radical (unpaired) electrons. The van der Waals surface area contributed by atoms with E-state index in [4.69, 9.17) is 4.42 Å². The fraction of sp³-hybridized carbons (Fsp3) is 0.176. The van der Waals surface area contributed by atoms with Crippen LogP contribution in [0.5, 0.6) is 0 Å². The Labute approximate surface area is 153 Å². The van der Waals surface area contributed by atoms with Crippen LogP contribution in [0.15, 0.2) is 57.0 Å². The van der Waals surface area contributed by atoms with Crippen LogP contribution in [0.25, 0.3) is 0 Å². The van der Waals surface area contributed by atoms with Crippen LogP contribution in [0.1, 0.15) is 11.3 Å². The zero-order valence-electron chi connectivity index (χ0n) is 13.0. The van der Waals surface area contributed by atoms with E-state index in [1.807, 2.05) is 37.3 Å². The standard InChI is InChI=1S/C17H17BrN2O3S/c1-12-9-13(18)4-5-15(12)20-17(22)10-19-16(21)6-8-24-11-14-3-2-7-23-14/h2-9H,10-11H2,1H3,(H,19,21)(H,20,22)/b8-6+. The number of nitrogens with one attached hydrogen (secondary N) is 2. The van der Waals surface area contributed by atoms with Crippen LogP contribution >= 0.6 is 27.7 Å². The molecule has 0 saturated heterocycles. The van der Waals surface area contributed by atoms with Crippen molar-refractivity contribution >= 4 is 45.2 Å². The van der Waals surface area contributed by atoms with Gasteiger partial charge in [-0.2, -0.15) is 0 Å². The lowest BCUT2D eigenvalue weighted by atomic mass is 10.2. The van der Waals surface area contributed by atoms with E-state index in [0.29, 0.717) is 5.75 Å². The first kappa shape index (κ1) is 18.4. The van der Waals surface area contributed by atoms with Crippen molar-refractivity contribution in [1.29, 1.82) is 0 Å². The van der Waals surface area contributed by atoms with Gasteiger partial charge in [-0.25, -0.2) is 0 Å². The van der Waals surface area contributed by atoms with Gasteiger partial charge in [0.15, 0.2) is 0 Å². The molecule has 0 saturated carbocycles. The van der Waals surface area contributed by atoms with Crippen LogP contribution in [0.2, 0.25) is 0 Å². The minimum Gasteiger partial charge on any atom is -0.468 e. The molecule has 2 aromatic rings. The summed E-state index contributed by atoms with van der Waals surface area (Å²) < 4.78 is 6.13. The average molecular weight is 409 g/mol. The average Bonchev–Trinajstić information content (AvgIpc) is 3.06. The molecule has 5 nitrogen and oxygen atoms in total. The highest BCUT2D eigenvalue weighted by molar-refractivity contribution is 9.10. The van der Waals surface area contributed by atoms with Crippen molar-refractivity contribution in [2.24, 2.45) is 0 Å². The molecular formula is C17H17BrN2O3S. The number of benzene rings is 1. The molecule has 0 aliphatic rings. The van der Waals surface area contributed by atoms with E-state index in [0.717, 1.165) is 21.5 Å². The van der Waals surface area contributed by atoms with E-state index in [9.17, 15) is 9.59 Å². The first-order valence-corrected chi connectivity index (χ1v) is 9.03. The van der Waals surface area contributed by atoms with Crippen LogP contribution in [-0.2, 0) is 15.3 Å².